The third-order valence-electron chi connectivity index (χ3n) is 2.21. The van der Waals surface area contributed by atoms with Crippen LogP contribution in [0.5, 0.6) is 0 Å². The molecule has 0 aromatic heterocycles. The number of benzene rings is 1. The Kier molecular flexibility index (Phi) is 4.07. The zero-order valence-electron chi connectivity index (χ0n) is 9.41. The van der Waals surface area contributed by atoms with E-state index in [0.717, 1.165) is 5.56 Å². The number of ether oxygens (including phenoxy) is 1. The van der Waals surface area contributed by atoms with Gasteiger partial charge in [0.05, 0.1) is 18.1 Å². The predicted molar refractivity (Wildman–Crippen MR) is 62.2 cm³/mol. The van der Waals surface area contributed by atoms with Gasteiger partial charge in [0, 0.05) is 5.56 Å². The fourth-order valence-corrected chi connectivity index (χ4v) is 1.48. The fourth-order valence-electron chi connectivity index (χ4n) is 1.37. The Balaban J connectivity index is 3.28. The van der Waals surface area contributed by atoms with Gasteiger partial charge >= 0.3 is 5.97 Å². The minimum atomic E-state index is -0.661. The van der Waals surface area contributed by atoms with Crippen molar-refractivity contribution in [2.45, 2.75) is 19.2 Å². The fraction of sp³-hybridized carbons (Fsp3) is 0.333. The van der Waals surface area contributed by atoms with E-state index in [1.165, 1.54) is 7.11 Å². The number of ketones is 1. The number of rotatable bonds is 3. The molecule has 1 aromatic carbocycles. The van der Waals surface area contributed by atoms with Gasteiger partial charge in [0.15, 0.2) is 5.78 Å². The molecule has 0 N–H and O–H groups in total. The van der Waals surface area contributed by atoms with E-state index in [-0.39, 0.29) is 11.3 Å². The number of carbonyl (C=O) groups excluding carboxylic acids is 2. The van der Waals surface area contributed by atoms with Crippen LogP contribution in [-0.2, 0) is 4.74 Å². The Hall–Kier alpha value is -1.35. The summed E-state index contributed by atoms with van der Waals surface area (Å²) in [4.78, 5) is 23.3. The molecule has 1 rings (SSSR count). The molecule has 0 radical (unpaired) electrons. The molecule has 0 bridgehead atoms. The molecule has 0 fully saturated rings. The summed E-state index contributed by atoms with van der Waals surface area (Å²) in [5, 5.41) is -0.661. The average molecular weight is 241 g/mol. The third kappa shape index (κ3) is 2.61. The Labute approximate surface area is 99.4 Å². The lowest BCUT2D eigenvalue weighted by atomic mass is 9.99. The second-order valence-corrected chi connectivity index (χ2v) is 4.18. The molecule has 0 aliphatic carbocycles. The number of halogens is 1. The van der Waals surface area contributed by atoms with Gasteiger partial charge in [0.2, 0.25) is 0 Å². The quantitative estimate of drug-likeness (QED) is 0.463. The lowest BCUT2D eigenvalue weighted by Gasteiger charge is -2.09. The molecule has 3 nitrogen and oxygen atoms in total. The van der Waals surface area contributed by atoms with Crippen LogP contribution in [0.15, 0.2) is 18.2 Å². The van der Waals surface area contributed by atoms with Crippen molar-refractivity contribution < 1.29 is 14.3 Å². The van der Waals surface area contributed by atoms with Crippen molar-refractivity contribution in [3.63, 3.8) is 0 Å². The van der Waals surface area contributed by atoms with Crippen molar-refractivity contribution >= 4 is 23.4 Å². The van der Waals surface area contributed by atoms with E-state index in [1.54, 1.807) is 25.1 Å². The largest absolute Gasteiger partial charge is 0.465 e. The van der Waals surface area contributed by atoms with Crippen molar-refractivity contribution in [3.05, 3.63) is 34.9 Å². The highest BCUT2D eigenvalue weighted by molar-refractivity contribution is 6.34. The van der Waals surface area contributed by atoms with Gasteiger partial charge in [-0.1, -0.05) is 17.7 Å². The summed E-state index contributed by atoms with van der Waals surface area (Å²) in [6.45, 7) is 3.41. The van der Waals surface area contributed by atoms with Crippen molar-refractivity contribution in [1.29, 1.82) is 0 Å². The van der Waals surface area contributed by atoms with Crippen molar-refractivity contribution in [1.82, 2.24) is 0 Å². The highest BCUT2D eigenvalue weighted by Crippen LogP contribution is 2.16. The number of esters is 1. The normalized spacial score (nSPS) is 12.0. The first-order valence-electron chi connectivity index (χ1n) is 4.84. The average Bonchev–Trinajstić information content (AvgIpc) is 2.26. The molecular formula is C12H13ClO3. The summed E-state index contributed by atoms with van der Waals surface area (Å²) in [7, 11) is 1.28. The van der Waals surface area contributed by atoms with Crippen molar-refractivity contribution in [2.75, 3.05) is 7.11 Å². The summed E-state index contributed by atoms with van der Waals surface area (Å²) >= 11 is 5.72. The second kappa shape index (κ2) is 5.12. The minimum Gasteiger partial charge on any atom is -0.465 e. The van der Waals surface area contributed by atoms with Gasteiger partial charge in [-0.15, -0.1) is 11.6 Å². The first-order valence-corrected chi connectivity index (χ1v) is 5.28. The van der Waals surface area contributed by atoms with Crippen LogP contribution in [0, 0.1) is 6.92 Å². The number of alkyl halides is 1. The summed E-state index contributed by atoms with van der Waals surface area (Å²) in [5.41, 5.74) is 1.46. The molecule has 86 valence electrons. The van der Waals surface area contributed by atoms with Crippen LogP contribution in [0.2, 0.25) is 0 Å². The van der Waals surface area contributed by atoms with Crippen LogP contribution in [0.3, 0.4) is 0 Å². The molecular weight excluding hydrogens is 228 g/mol. The maximum Gasteiger partial charge on any atom is 0.338 e. The minimum absolute atomic E-state index is 0.264. The Morgan fingerprint density at radius 1 is 1.31 bits per heavy atom. The molecule has 0 aliphatic rings. The van der Waals surface area contributed by atoms with E-state index < -0.39 is 11.3 Å². The predicted octanol–water partition coefficient (Wildman–Crippen LogP) is 2.59. The van der Waals surface area contributed by atoms with E-state index in [9.17, 15) is 9.59 Å². The number of aryl methyl sites for hydroxylation is 1. The molecule has 0 saturated carbocycles. The number of hydrogen-bond donors (Lipinski definition) is 0. The monoisotopic (exact) mass is 240 g/mol. The molecule has 0 aliphatic heterocycles. The zero-order valence-corrected chi connectivity index (χ0v) is 10.2. The maximum absolute atomic E-state index is 11.8. The van der Waals surface area contributed by atoms with Crippen LogP contribution in [0.1, 0.15) is 33.2 Å². The molecule has 16 heavy (non-hydrogen) atoms. The summed E-state index contributed by atoms with van der Waals surface area (Å²) in [5.74, 6) is -0.800. The van der Waals surface area contributed by atoms with Gasteiger partial charge in [0.25, 0.3) is 0 Å². The number of methoxy groups -OCH3 is 1. The van der Waals surface area contributed by atoms with E-state index in [4.69, 9.17) is 11.6 Å². The van der Waals surface area contributed by atoms with Gasteiger partial charge in [0.1, 0.15) is 0 Å². The Morgan fingerprint density at radius 3 is 2.44 bits per heavy atom. The lowest BCUT2D eigenvalue weighted by molar-refractivity contribution is 0.0597. The van der Waals surface area contributed by atoms with E-state index >= 15 is 0 Å². The Morgan fingerprint density at radius 2 is 1.94 bits per heavy atom. The highest BCUT2D eigenvalue weighted by atomic mass is 35.5. The lowest BCUT2D eigenvalue weighted by Crippen LogP contribution is -2.16. The van der Waals surface area contributed by atoms with Crippen molar-refractivity contribution in [3.8, 4) is 0 Å². The van der Waals surface area contributed by atoms with Gasteiger partial charge in [-0.05, 0) is 19.9 Å². The second-order valence-electron chi connectivity index (χ2n) is 3.52. The summed E-state index contributed by atoms with van der Waals surface area (Å²) < 4.78 is 4.63. The topological polar surface area (TPSA) is 43.4 Å². The van der Waals surface area contributed by atoms with Gasteiger partial charge in [-0.25, -0.2) is 4.79 Å². The van der Waals surface area contributed by atoms with Gasteiger partial charge in [-0.3, -0.25) is 4.79 Å². The molecule has 1 unspecified atom stereocenters. The van der Waals surface area contributed by atoms with Crippen LogP contribution in [0.25, 0.3) is 0 Å². The summed E-state index contributed by atoms with van der Waals surface area (Å²) in [6.07, 6.45) is 0. The van der Waals surface area contributed by atoms with E-state index in [1.807, 2.05) is 6.92 Å². The highest BCUT2D eigenvalue weighted by Gasteiger charge is 2.20. The SMILES string of the molecule is COC(=O)c1cc(C)ccc1C(=O)C(C)Cl. The smallest absolute Gasteiger partial charge is 0.338 e. The first-order chi connectivity index (χ1) is 7.47. The first kappa shape index (κ1) is 12.7. The van der Waals surface area contributed by atoms with E-state index in [2.05, 4.69) is 4.74 Å². The number of carbonyl (C=O) groups is 2. The molecule has 0 saturated heterocycles. The van der Waals surface area contributed by atoms with Gasteiger partial charge in [-0.2, -0.15) is 0 Å². The number of Topliss-reactive ketones (excluding diaryl/α,β-unsaturated/α-hetero) is 1. The van der Waals surface area contributed by atoms with Crippen LogP contribution in [-0.4, -0.2) is 24.2 Å². The van der Waals surface area contributed by atoms with Crippen LogP contribution in [0.4, 0.5) is 0 Å². The molecule has 0 heterocycles. The third-order valence-corrected chi connectivity index (χ3v) is 2.41. The summed E-state index contributed by atoms with van der Waals surface area (Å²) in [6, 6.07) is 4.99. The zero-order chi connectivity index (χ0) is 12.3. The van der Waals surface area contributed by atoms with Crippen LogP contribution < -0.4 is 0 Å². The molecule has 4 heteroatoms. The van der Waals surface area contributed by atoms with E-state index in [0.29, 0.717) is 5.56 Å². The molecule has 1 atom stereocenters. The molecule has 0 spiro atoms. The molecule has 1 aromatic rings. The molecule has 0 amide bonds. The van der Waals surface area contributed by atoms with Crippen LogP contribution >= 0.6 is 11.6 Å². The standard InChI is InChI=1S/C12H13ClO3/c1-7-4-5-9(11(14)8(2)13)10(6-7)12(15)16-3/h4-6,8H,1-3H3. The van der Waals surface area contributed by atoms with Crippen molar-refractivity contribution in [2.24, 2.45) is 0 Å². The Bertz CT molecular complexity index is 424. The number of hydrogen-bond acceptors (Lipinski definition) is 3. The maximum atomic E-state index is 11.8. The van der Waals surface area contributed by atoms with Gasteiger partial charge < -0.3 is 4.74 Å².